The molecule has 128 valence electrons. The van der Waals surface area contributed by atoms with E-state index in [2.05, 4.69) is 32.7 Å². The second-order valence-corrected chi connectivity index (χ2v) is 6.48. The molecule has 0 radical (unpaired) electrons. The summed E-state index contributed by atoms with van der Waals surface area (Å²) in [7, 11) is 0. The van der Waals surface area contributed by atoms with Gasteiger partial charge in [-0.3, -0.25) is 4.79 Å². The Morgan fingerprint density at radius 2 is 2.00 bits per heavy atom. The van der Waals surface area contributed by atoms with Gasteiger partial charge in [-0.2, -0.15) is 5.26 Å². The average molecular weight is 343 g/mol. The molecule has 0 saturated carbocycles. The number of nitriles is 1. The first-order chi connectivity index (χ1) is 12.6. The van der Waals surface area contributed by atoms with Gasteiger partial charge in [0.25, 0.3) is 0 Å². The zero-order valence-electron chi connectivity index (χ0n) is 14.3. The van der Waals surface area contributed by atoms with Crippen LogP contribution in [-0.2, 0) is 17.6 Å². The normalized spacial score (nSPS) is 15.3. The maximum absolute atomic E-state index is 11.2. The molecule has 6 heteroatoms. The van der Waals surface area contributed by atoms with Gasteiger partial charge in [-0.15, -0.1) is 0 Å². The van der Waals surface area contributed by atoms with Gasteiger partial charge in [-0.25, -0.2) is 9.97 Å². The number of carbonyl (C=O) groups is 1. The highest BCUT2D eigenvalue weighted by Gasteiger charge is 2.22. The average Bonchev–Trinajstić information content (AvgIpc) is 3.02. The van der Waals surface area contributed by atoms with Gasteiger partial charge < -0.3 is 10.6 Å². The molecule has 0 spiro atoms. The minimum absolute atomic E-state index is 0.0709. The number of aromatic nitrogens is 2. The van der Waals surface area contributed by atoms with E-state index in [1.54, 1.807) is 6.07 Å². The zero-order valence-corrected chi connectivity index (χ0v) is 14.3. The molecule has 6 nitrogen and oxygen atoms in total. The van der Waals surface area contributed by atoms with E-state index in [9.17, 15) is 4.79 Å². The molecule has 0 fully saturated rings. The number of nitrogens with zero attached hydrogens (tertiary/aromatic N) is 3. The molecule has 0 aliphatic heterocycles. The summed E-state index contributed by atoms with van der Waals surface area (Å²) in [6.45, 7) is 1.51. The predicted octanol–water partition coefficient (Wildman–Crippen LogP) is 3.04. The van der Waals surface area contributed by atoms with E-state index in [0.29, 0.717) is 5.56 Å². The highest BCUT2D eigenvalue weighted by Crippen LogP contribution is 2.29. The van der Waals surface area contributed by atoms with Crippen LogP contribution in [0, 0.1) is 11.3 Å². The molecular formula is C20H17N5O. The Balaban J connectivity index is 1.58. The van der Waals surface area contributed by atoms with E-state index in [1.165, 1.54) is 24.4 Å². The lowest BCUT2D eigenvalue weighted by molar-refractivity contribution is -0.114. The van der Waals surface area contributed by atoms with Gasteiger partial charge in [0.15, 0.2) is 0 Å². The van der Waals surface area contributed by atoms with Gasteiger partial charge in [0.1, 0.15) is 12.1 Å². The molecule has 1 aliphatic carbocycles. The fraction of sp³-hybridized carbons (Fsp3) is 0.200. The third-order valence-electron chi connectivity index (χ3n) is 4.56. The Morgan fingerprint density at radius 3 is 2.81 bits per heavy atom. The molecular weight excluding hydrogens is 326 g/mol. The molecule has 1 aliphatic rings. The molecule has 1 amide bonds. The minimum Gasteiger partial charge on any atom is -0.366 e. The number of fused-ring (bicyclic) bond motifs is 2. The summed E-state index contributed by atoms with van der Waals surface area (Å²) in [4.78, 5) is 19.9. The van der Waals surface area contributed by atoms with Crippen LogP contribution in [0.2, 0.25) is 0 Å². The van der Waals surface area contributed by atoms with Crippen LogP contribution in [0.15, 0.2) is 42.7 Å². The van der Waals surface area contributed by atoms with Crippen LogP contribution in [-0.4, -0.2) is 21.9 Å². The first kappa shape index (κ1) is 16.0. The van der Waals surface area contributed by atoms with E-state index >= 15 is 0 Å². The van der Waals surface area contributed by atoms with Crippen LogP contribution in [0.5, 0.6) is 0 Å². The number of anilines is 2. The number of amides is 1. The zero-order chi connectivity index (χ0) is 18.1. The van der Waals surface area contributed by atoms with Crippen molar-refractivity contribution >= 4 is 28.3 Å². The molecule has 4 rings (SSSR count). The molecule has 0 bridgehead atoms. The van der Waals surface area contributed by atoms with E-state index in [4.69, 9.17) is 5.26 Å². The maximum atomic E-state index is 11.2. The van der Waals surface area contributed by atoms with Gasteiger partial charge in [-0.1, -0.05) is 6.07 Å². The van der Waals surface area contributed by atoms with Crippen molar-refractivity contribution in [1.29, 1.82) is 5.26 Å². The molecule has 3 aromatic rings. The number of rotatable bonds is 3. The molecule has 1 atom stereocenters. The Kier molecular flexibility index (Phi) is 3.98. The lowest BCUT2D eigenvalue weighted by Gasteiger charge is -2.14. The van der Waals surface area contributed by atoms with Crippen molar-refractivity contribution in [2.24, 2.45) is 0 Å². The number of hydrogen-bond donors (Lipinski definition) is 2. The van der Waals surface area contributed by atoms with Gasteiger partial charge in [-0.05, 0) is 54.3 Å². The lowest BCUT2D eigenvalue weighted by Crippen LogP contribution is -2.20. The Bertz CT molecular complexity index is 1050. The van der Waals surface area contributed by atoms with Crippen molar-refractivity contribution in [3.8, 4) is 6.07 Å². The molecule has 2 aromatic carbocycles. The van der Waals surface area contributed by atoms with Gasteiger partial charge in [0, 0.05) is 24.0 Å². The van der Waals surface area contributed by atoms with Crippen molar-refractivity contribution in [2.45, 2.75) is 25.8 Å². The Hall–Kier alpha value is -3.46. The summed E-state index contributed by atoms with van der Waals surface area (Å²) in [6.07, 6.45) is 3.28. The SMILES string of the molecule is CC(=O)Nc1ccc2c(c1)C[C@@H](Nc1ncnc3ccc(C#N)cc13)C2. The largest absolute Gasteiger partial charge is 0.366 e. The fourth-order valence-corrected chi connectivity index (χ4v) is 3.44. The molecule has 26 heavy (non-hydrogen) atoms. The van der Waals surface area contributed by atoms with Gasteiger partial charge in [0.05, 0.1) is 17.1 Å². The van der Waals surface area contributed by atoms with Crippen molar-refractivity contribution in [2.75, 3.05) is 10.6 Å². The lowest BCUT2D eigenvalue weighted by atomic mass is 10.1. The number of hydrogen-bond acceptors (Lipinski definition) is 5. The first-order valence-corrected chi connectivity index (χ1v) is 8.43. The van der Waals surface area contributed by atoms with Gasteiger partial charge >= 0.3 is 0 Å². The number of nitrogens with one attached hydrogen (secondary N) is 2. The van der Waals surface area contributed by atoms with E-state index in [1.807, 2.05) is 24.3 Å². The highest BCUT2D eigenvalue weighted by atomic mass is 16.1. The number of carbonyl (C=O) groups excluding carboxylic acids is 1. The van der Waals surface area contributed by atoms with Crippen LogP contribution in [0.4, 0.5) is 11.5 Å². The van der Waals surface area contributed by atoms with Crippen molar-refractivity contribution in [3.05, 3.63) is 59.4 Å². The second kappa shape index (κ2) is 6.45. The summed E-state index contributed by atoms with van der Waals surface area (Å²) in [5.74, 6) is 0.672. The first-order valence-electron chi connectivity index (χ1n) is 8.43. The summed E-state index contributed by atoms with van der Waals surface area (Å²) in [6, 6.07) is 13.8. The summed E-state index contributed by atoms with van der Waals surface area (Å²) < 4.78 is 0. The molecule has 0 saturated heterocycles. The molecule has 1 aromatic heterocycles. The highest BCUT2D eigenvalue weighted by molar-refractivity contribution is 5.90. The smallest absolute Gasteiger partial charge is 0.221 e. The van der Waals surface area contributed by atoms with Crippen LogP contribution in [0.25, 0.3) is 10.9 Å². The third-order valence-corrected chi connectivity index (χ3v) is 4.56. The monoisotopic (exact) mass is 343 g/mol. The Labute approximate surface area is 150 Å². The van der Waals surface area contributed by atoms with E-state index in [0.717, 1.165) is 35.2 Å². The minimum atomic E-state index is -0.0709. The fourth-order valence-electron chi connectivity index (χ4n) is 3.44. The topological polar surface area (TPSA) is 90.7 Å². The molecule has 2 N–H and O–H groups in total. The standard InChI is InChI=1S/C20H17N5O/c1-12(26)24-16-4-3-14-7-17(9-15(14)8-16)25-20-18-6-13(10-21)2-5-19(18)22-11-23-20/h2-6,8,11,17H,7,9H2,1H3,(H,24,26)(H,22,23,25)/t17-/m0/s1. The second-order valence-electron chi connectivity index (χ2n) is 6.48. The summed E-state index contributed by atoms with van der Waals surface area (Å²) in [5.41, 5.74) is 4.72. The predicted molar refractivity (Wildman–Crippen MR) is 99.8 cm³/mol. The summed E-state index contributed by atoms with van der Waals surface area (Å²) >= 11 is 0. The Morgan fingerprint density at radius 1 is 1.15 bits per heavy atom. The van der Waals surface area contributed by atoms with Crippen molar-refractivity contribution in [3.63, 3.8) is 0 Å². The van der Waals surface area contributed by atoms with Crippen LogP contribution in [0.1, 0.15) is 23.6 Å². The van der Waals surface area contributed by atoms with Gasteiger partial charge in [0.2, 0.25) is 5.91 Å². The molecule has 0 unspecified atom stereocenters. The van der Waals surface area contributed by atoms with Crippen molar-refractivity contribution < 1.29 is 4.79 Å². The van der Waals surface area contributed by atoms with E-state index in [-0.39, 0.29) is 11.9 Å². The summed E-state index contributed by atoms with van der Waals surface area (Å²) in [5, 5.41) is 16.3. The van der Waals surface area contributed by atoms with Crippen LogP contribution >= 0.6 is 0 Å². The number of benzene rings is 2. The third kappa shape index (κ3) is 3.07. The van der Waals surface area contributed by atoms with Crippen molar-refractivity contribution in [1.82, 2.24) is 9.97 Å². The van der Waals surface area contributed by atoms with Crippen LogP contribution < -0.4 is 10.6 Å². The van der Waals surface area contributed by atoms with E-state index < -0.39 is 0 Å². The van der Waals surface area contributed by atoms with Crippen LogP contribution in [0.3, 0.4) is 0 Å². The maximum Gasteiger partial charge on any atom is 0.221 e. The molecule has 1 heterocycles. The quantitative estimate of drug-likeness (QED) is 0.763.